The van der Waals surface area contributed by atoms with Crippen molar-refractivity contribution in [3.05, 3.63) is 47.1 Å². The predicted molar refractivity (Wildman–Crippen MR) is 112 cm³/mol. The van der Waals surface area contributed by atoms with Crippen molar-refractivity contribution in [2.45, 2.75) is 44.7 Å². The summed E-state index contributed by atoms with van der Waals surface area (Å²) in [4.78, 5) is 30.0. The Labute approximate surface area is 169 Å². The Bertz CT molecular complexity index is 1090. The molecule has 0 unspecified atom stereocenters. The van der Waals surface area contributed by atoms with E-state index in [0.717, 1.165) is 42.6 Å². The van der Waals surface area contributed by atoms with Crippen molar-refractivity contribution in [2.75, 3.05) is 7.11 Å². The van der Waals surface area contributed by atoms with Crippen molar-refractivity contribution in [1.82, 2.24) is 19.4 Å². The molecule has 1 amide bonds. The van der Waals surface area contributed by atoms with Crippen molar-refractivity contribution in [3.8, 4) is 16.9 Å². The summed E-state index contributed by atoms with van der Waals surface area (Å²) < 4.78 is 8.46. The Morgan fingerprint density at radius 1 is 1.28 bits per heavy atom. The summed E-state index contributed by atoms with van der Waals surface area (Å²) >= 11 is 0. The van der Waals surface area contributed by atoms with E-state index in [4.69, 9.17) is 4.74 Å². The number of aryl methyl sites for hydroxylation is 1. The average molecular weight is 394 g/mol. The quantitative estimate of drug-likeness (QED) is 0.722. The number of nitrogens with zero attached hydrogens (tertiary/aromatic N) is 3. The maximum Gasteiger partial charge on any atom is 0.278 e. The van der Waals surface area contributed by atoms with E-state index in [2.05, 4.69) is 10.3 Å². The van der Waals surface area contributed by atoms with Crippen molar-refractivity contribution in [2.24, 2.45) is 7.05 Å². The van der Waals surface area contributed by atoms with E-state index >= 15 is 0 Å². The second kappa shape index (κ2) is 8.11. The fraction of sp³-hybridized carbons (Fsp3) is 0.409. The van der Waals surface area contributed by atoms with Gasteiger partial charge in [0.05, 0.1) is 13.4 Å². The molecule has 7 nitrogen and oxygen atoms in total. The molecule has 1 N–H and O–H groups in total. The molecule has 0 bridgehead atoms. The van der Waals surface area contributed by atoms with Crippen LogP contribution in [0.1, 0.15) is 32.1 Å². The molecule has 2 aromatic heterocycles. The fourth-order valence-corrected chi connectivity index (χ4v) is 4.10. The van der Waals surface area contributed by atoms with E-state index < -0.39 is 0 Å². The number of amides is 1. The maximum atomic E-state index is 13.0. The maximum absolute atomic E-state index is 13.0. The van der Waals surface area contributed by atoms with Gasteiger partial charge in [0.1, 0.15) is 23.3 Å². The molecular formula is C22H26N4O3. The first kappa shape index (κ1) is 19.2. The van der Waals surface area contributed by atoms with Gasteiger partial charge in [0, 0.05) is 24.8 Å². The van der Waals surface area contributed by atoms with Crippen molar-refractivity contribution in [3.63, 3.8) is 0 Å². The Hall–Kier alpha value is -3.09. The van der Waals surface area contributed by atoms with Gasteiger partial charge in [0.2, 0.25) is 5.91 Å². The Kier molecular flexibility index (Phi) is 5.38. The van der Waals surface area contributed by atoms with Crippen LogP contribution in [0.5, 0.6) is 5.75 Å². The van der Waals surface area contributed by atoms with E-state index in [1.165, 1.54) is 17.3 Å². The lowest BCUT2D eigenvalue weighted by Crippen LogP contribution is -2.40. The third-order valence-electron chi connectivity index (χ3n) is 5.61. The smallest absolute Gasteiger partial charge is 0.278 e. The molecule has 1 fully saturated rings. The SMILES string of the molecule is COc1cccc(-c2cn(C)c3c(=O)n(CC(=O)NC4CCCCC4)cnc23)c1. The second-order valence-electron chi connectivity index (χ2n) is 7.66. The van der Waals surface area contributed by atoms with Gasteiger partial charge in [-0.15, -0.1) is 0 Å². The number of ether oxygens (including phenoxy) is 1. The molecule has 3 aromatic rings. The second-order valence-corrected chi connectivity index (χ2v) is 7.66. The summed E-state index contributed by atoms with van der Waals surface area (Å²) in [5.74, 6) is 0.606. The topological polar surface area (TPSA) is 78.1 Å². The molecule has 29 heavy (non-hydrogen) atoms. The number of nitrogens with one attached hydrogen (secondary N) is 1. The first-order chi connectivity index (χ1) is 14.1. The largest absolute Gasteiger partial charge is 0.497 e. The zero-order valence-electron chi connectivity index (χ0n) is 16.9. The number of hydrogen-bond acceptors (Lipinski definition) is 4. The van der Waals surface area contributed by atoms with E-state index in [-0.39, 0.29) is 24.1 Å². The lowest BCUT2D eigenvalue weighted by Gasteiger charge is -2.22. The first-order valence-electron chi connectivity index (χ1n) is 10.0. The molecule has 0 aliphatic heterocycles. The molecule has 2 heterocycles. The van der Waals surface area contributed by atoms with Gasteiger partial charge in [-0.05, 0) is 30.5 Å². The van der Waals surface area contributed by atoms with Crippen LogP contribution in [-0.2, 0) is 18.4 Å². The van der Waals surface area contributed by atoms with Crippen LogP contribution in [0.15, 0.2) is 41.6 Å². The predicted octanol–water partition coefficient (Wildman–Crippen LogP) is 2.86. The first-order valence-corrected chi connectivity index (χ1v) is 10.0. The summed E-state index contributed by atoms with van der Waals surface area (Å²) in [6, 6.07) is 7.88. The molecule has 152 valence electrons. The number of methoxy groups -OCH3 is 1. The minimum Gasteiger partial charge on any atom is -0.497 e. The van der Waals surface area contributed by atoms with E-state index in [1.54, 1.807) is 11.7 Å². The molecule has 0 atom stereocenters. The summed E-state index contributed by atoms with van der Waals surface area (Å²) in [6.45, 7) is -0.0159. The number of aromatic nitrogens is 3. The Morgan fingerprint density at radius 2 is 2.07 bits per heavy atom. The standard InChI is InChI=1S/C22H26N4O3/c1-25-12-18(15-7-6-10-17(11-15)29-2)20-21(25)22(28)26(14-23-20)13-19(27)24-16-8-4-3-5-9-16/h6-7,10-12,14,16H,3-5,8-9,13H2,1-2H3,(H,24,27). The Morgan fingerprint density at radius 3 is 2.83 bits per heavy atom. The third-order valence-corrected chi connectivity index (χ3v) is 5.61. The molecule has 0 spiro atoms. The van der Waals surface area contributed by atoms with Crippen LogP contribution in [0.2, 0.25) is 0 Å². The zero-order chi connectivity index (χ0) is 20.4. The summed E-state index contributed by atoms with van der Waals surface area (Å²) in [7, 11) is 3.44. The van der Waals surface area contributed by atoms with Gasteiger partial charge in [-0.1, -0.05) is 31.4 Å². The summed E-state index contributed by atoms with van der Waals surface area (Å²) in [6.07, 6.45) is 8.91. The lowest BCUT2D eigenvalue weighted by atomic mass is 9.95. The van der Waals surface area contributed by atoms with Crippen molar-refractivity contribution >= 4 is 16.9 Å². The van der Waals surface area contributed by atoms with Crippen molar-refractivity contribution < 1.29 is 9.53 Å². The molecule has 1 aromatic carbocycles. The van der Waals surface area contributed by atoms with E-state index in [1.807, 2.05) is 37.5 Å². The highest BCUT2D eigenvalue weighted by Crippen LogP contribution is 2.29. The minimum atomic E-state index is -0.217. The van der Waals surface area contributed by atoms with E-state index in [9.17, 15) is 9.59 Å². The van der Waals surface area contributed by atoms with Crippen LogP contribution < -0.4 is 15.6 Å². The summed E-state index contributed by atoms with van der Waals surface area (Å²) in [5.41, 5.74) is 2.67. The zero-order valence-corrected chi connectivity index (χ0v) is 16.9. The number of benzene rings is 1. The Balaban J connectivity index is 1.63. The van der Waals surface area contributed by atoms with Gasteiger partial charge in [-0.25, -0.2) is 4.98 Å². The molecule has 4 rings (SSSR count). The van der Waals surface area contributed by atoms with Crippen LogP contribution in [-0.4, -0.2) is 33.2 Å². The van der Waals surface area contributed by atoms with E-state index in [0.29, 0.717) is 11.0 Å². The van der Waals surface area contributed by atoms with Gasteiger partial charge in [-0.3, -0.25) is 14.2 Å². The highest BCUT2D eigenvalue weighted by molar-refractivity contribution is 5.92. The van der Waals surface area contributed by atoms with Gasteiger partial charge >= 0.3 is 0 Å². The average Bonchev–Trinajstić information content (AvgIpc) is 3.08. The van der Waals surface area contributed by atoms with Gasteiger partial charge in [0.15, 0.2) is 0 Å². The number of fused-ring (bicyclic) bond motifs is 1. The van der Waals surface area contributed by atoms with Crippen LogP contribution >= 0.6 is 0 Å². The molecule has 1 aliphatic rings. The molecule has 1 aliphatic carbocycles. The number of rotatable bonds is 5. The number of carbonyl (C=O) groups is 1. The fourth-order valence-electron chi connectivity index (χ4n) is 4.10. The highest BCUT2D eigenvalue weighted by Gasteiger charge is 2.18. The number of hydrogen-bond donors (Lipinski definition) is 1. The third kappa shape index (κ3) is 3.90. The van der Waals surface area contributed by atoms with Crippen LogP contribution in [0, 0.1) is 0 Å². The van der Waals surface area contributed by atoms with Gasteiger partial charge < -0.3 is 14.6 Å². The molecule has 0 saturated heterocycles. The highest BCUT2D eigenvalue weighted by atomic mass is 16.5. The molecule has 0 radical (unpaired) electrons. The molecule has 7 heteroatoms. The molecule has 1 saturated carbocycles. The molecular weight excluding hydrogens is 368 g/mol. The summed E-state index contributed by atoms with van der Waals surface area (Å²) in [5, 5.41) is 3.05. The van der Waals surface area contributed by atoms with Gasteiger partial charge in [0.25, 0.3) is 5.56 Å². The lowest BCUT2D eigenvalue weighted by molar-refractivity contribution is -0.122. The van der Waals surface area contributed by atoms with Crippen LogP contribution in [0.3, 0.4) is 0 Å². The van der Waals surface area contributed by atoms with Gasteiger partial charge in [-0.2, -0.15) is 0 Å². The number of carbonyl (C=O) groups excluding carboxylic acids is 1. The normalized spacial score (nSPS) is 14.8. The monoisotopic (exact) mass is 394 g/mol. The van der Waals surface area contributed by atoms with Crippen LogP contribution in [0.25, 0.3) is 22.2 Å². The van der Waals surface area contributed by atoms with Crippen molar-refractivity contribution in [1.29, 1.82) is 0 Å². The van der Waals surface area contributed by atoms with Crippen LogP contribution in [0.4, 0.5) is 0 Å². The minimum absolute atomic E-state index is 0.0159.